The SMILES string of the molecule is CCCN(CC)c1ccc(C=O)cc1C. The molecule has 0 aliphatic heterocycles. The van der Waals surface area contributed by atoms with Crippen molar-refractivity contribution in [2.24, 2.45) is 0 Å². The molecule has 0 fully saturated rings. The van der Waals surface area contributed by atoms with Gasteiger partial charge in [0, 0.05) is 24.3 Å². The predicted octanol–water partition coefficient (Wildman–Crippen LogP) is 3.04. The molecule has 0 radical (unpaired) electrons. The van der Waals surface area contributed by atoms with Crippen molar-refractivity contribution in [3.63, 3.8) is 0 Å². The molecule has 1 rings (SSSR count). The van der Waals surface area contributed by atoms with Gasteiger partial charge in [0.15, 0.2) is 0 Å². The fraction of sp³-hybridized carbons (Fsp3) is 0.462. The van der Waals surface area contributed by atoms with Crippen molar-refractivity contribution in [1.29, 1.82) is 0 Å². The van der Waals surface area contributed by atoms with Gasteiger partial charge in [-0.3, -0.25) is 4.79 Å². The molecule has 0 aliphatic rings. The van der Waals surface area contributed by atoms with Gasteiger partial charge in [-0.2, -0.15) is 0 Å². The molecule has 2 nitrogen and oxygen atoms in total. The van der Waals surface area contributed by atoms with Crippen LogP contribution in [0.5, 0.6) is 0 Å². The van der Waals surface area contributed by atoms with E-state index < -0.39 is 0 Å². The van der Waals surface area contributed by atoms with Crippen LogP contribution in [0.3, 0.4) is 0 Å². The Morgan fingerprint density at radius 1 is 1.33 bits per heavy atom. The Kier molecular flexibility index (Phi) is 4.35. The minimum atomic E-state index is 0.754. The lowest BCUT2D eigenvalue weighted by Gasteiger charge is -2.24. The maximum Gasteiger partial charge on any atom is 0.150 e. The van der Waals surface area contributed by atoms with Crippen LogP contribution in [0.4, 0.5) is 5.69 Å². The Morgan fingerprint density at radius 3 is 2.53 bits per heavy atom. The minimum Gasteiger partial charge on any atom is -0.372 e. The van der Waals surface area contributed by atoms with Gasteiger partial charge >= 0.3 is 0 Å². The van der Waals surface area contributed by atoms with Crippen molar-refractivity contribution in [3.8, 4) is 0 Å². The van der Waals surface area contributed by atoms with Crippen LogP contribution < -0.4 is 4.90 Å². The zero-order valence-corrected chi connectivity index (χ0v) is 9.79. The van der Waals surface area contributed by atoms with Crippen LogP contribution in [0.25, 0.3) is 0 Å². The van der Waals surface area contributed by atoms with Crippen molar-refractivity contribution in [1.82, 2.24) is 0 Å². The number of carbonyl (C=O) groups excluding carboxylic acids is 1. The van der Waals surface area contributed by atoms with Gasteiger partial charge in [-0.15, -0.1) is 0 Å². The molecule has 0 aromatic heterocycles. The van der Waals surface area contributed by atoms with Gasteiger partial charge in [-0.25, -0.2) is 0 Å². The summed E-state index contributed by atoms with van der Waals surface area (Å²) in [6.07, 6.45) is 2.04. The van der Waals surface area contributed by atoms with Gasteiger partial charge in [-0.1, -0.05) is 6.92 Å². The van der Waals surface area contributed by atoms with Crippen LogP contribution in [0.2, 0.25) is 0 Å². The first-order chi connectivity index (χ1) is 7.22. The van der Waals surface area contributed by atoms with Crippen LogP contribution in [-0.4, -0.2) is 19.4 Å². The molecule has 0 heterocycles. The fourth-order valence-electron chi connectivity index (χ4n) is 1.83. The molecule has 0 N–H and O–H groups in total. The van der Waals surface area contributed by atoms with Crippen molar-refractivity contribution in [3.05, 3.63) is 29.3 Å². The number of carbonyl (C=O) groups is 1. The van der Waals surface area contributed by atoms with E-state index in [0.29, 0.717) is 0 Å². The highest BCUT2D eigenvalue weighted by Gasteiger charge is 2.06. The van der Waals surface area contributed by atoms with E-state index in [-0.39, 0.29) is 0 Å². The van der Waals surface area contributed by atoms with Gasteiger partial charge in [0.2, 0.25) is 0 Å². The number of rotatable bonds is 5. The molecule has 82 valence electrons. The molecule has 2 heteroatoms. The van der Waals surface area contributed by atoms with Crippen LogP contribution in [0, 0.1) is 6.92 Å². The normalized spacial score (nSPS) is 10.1. The third kappa shape index (κ3) is 2.82. The maximum atomic E-state index is 10.6. The Morgan fingerprint density at radius 2 is 2.07 bits per heavy atom. The highest BCUT2D eigenvalue weighted by atomic mass is 16.1. The van der Waals surface area contributed by atoms with Crippen molar-refractivity contribution in [2.45, 2.75) is 27.2 Å². The Labute approximate surface area is 91.9 Å². The second-order valence-electron chi connectivity index (χ2n) is 3.74. The van der Waals surface area contributed by atoms with E-state index in [4.69, 9.17) is 0 Å². The Balaban J connectivity index is 2.97. The zero-order valence-electron chi connectivity index (χ0n) is 9.79. The third-order valence-electron chi connectivity index (χ3n) is 2.57. The summed E-state index contributed by atoms with van der Waals surface area (Å²) in [5, 5.41) is 0. The van der Waals surface area contributed by atoms with Gasteiger partial charge in [0.05, 0.1) is 0 Å². The van der Waals surface area contributed by atoms with E-state index in [0.717, 1.165) is 31.4 Å². The number of hydrogen-bond acceptors (Lipinski definition) is 2. The molecule has 0 saturated heterocycles. The lowest BCUT2D eigenvalue weighted by Crippen LogP contribution is -2.24. The highest BCUT2D eigenvalue weighted by Crippen LogP contribution is 2.20. The summed E-state index contributed by atoms with van der Waals surface area (Å²) in [6, 6.07) is 5.87. The van der Waals surface area contributed by atoms with E-state index in [1.807, 2.05) is 18.2 Å². The predicted molar refractivity (Wildman–Crippen MR) is 64.7 cm³/mol. The van der Waals surface area contributed by atoms with E-state index in [1.54, 1.807) is 0 Å². The monoisotopic (exact) mass is 205 g/mol. The summed E-state index contributed by atoms with van der Waals surface area (Å²) in [6.45, 7) is 8.47. The molecule has 0 bridgehead atoms. The molecule has 0 amide bonds. The smallest absolute Gasteiger partial charge is 0.150 e. The van der Waals surface area contributed by atoms with E-state index in [1.165, 1.54) is 11.3 Å². The highest BCUT2D eigenvalue weighted by molar-refractivity contribution is 5.76. The molecule has 0 unspecified atom stereocenters. The van der Waals surface area contributed by atoms with Gasteiger partial charge in [0.1, 0.15) is 6.29 Å². The summed E-state index contributed by atoms with van der Waals surface area (Å²) in [5.74, 6) is 0. The number of hydrogen-bond donors (Lipinski definition) is 0. The molecule has 1 aromatic rings. The van der Waals surface area contributed by atoms with Crippen molar-refractivity contribution >= 4 is 12.0 Å². The standard InChI is InChI=1S/C13H19NO/c1-4-8-14(5-2)13-7-6-12(10-15)9-11(13)3/h6-7,9-10H,4-5,8H2,1-3H3. The van der Waals surface area contributed by atoms with Gasteiger partial charge < -0.3 is 4.90 Å². The molecule has 0 atom stereocenters. The number of aldehydes is 1. The molecule has 0 spiro atoms. The first-order valence-corrected chi connectivity index (χ1v) is 5.53. The summed E-state index contributed by atoms with van der Waals surface area (Å²) >= 11 is 0. The van der Waals surface area contributed by atoms with E-state index in [9.17, 15) is 4.79 Å². The van der Waals surface area contributed by atoms with E-state index in [2.05, 4.69) is 25.7 Å². The third-order valence-corrected chi connectivity index (χ3v) is 2.57. The maximum absolute atomic E-state index is 10.6. The Hall–Kier alpha value is -1.31. The summed E-state index contributed by atoms with van der Waals surface area (Å²) < 4.78 is 0. The summed E-state index contributed by atoms with van der Waals surface area (Å²) in [4.78, 5) is 13.0. The van der Waals surface area contributed by atoms with Gasteiger partial charge in [-0.05, 0) is 44.0 Å². The molecular formula is C13H19NO. The van der Waals surface area contributed by atoms with E-state index >= 15 is 0 Å². The van der Waals surface area contributed by atoms with Crippen LogP contribution in [0.15, 0.2) is 18.2 Å². The molecule has 0 aliphatic carbocycles. The van der Waals surface area contributed by atoms with Crippen LogP contribution >= 0.6 is 0 Å². The average molecular weight is 205 g/mol. The largest absolute Gasteiger partial charge is 0.372 e. The average Bonchev–Trinajstić information content (AvgIpc) is 2.26. The number of benzene rings is 1. The number of aryl methyl sites for hydroxylation is 1. The molecular weight excluding hydrogens is 186 g/mol. The van der Waals surface area contributed by atoms with Crippen molar-refractivity contribution in [2.75, 3.05) is 18.0 Å². The first-order valence-electron chi connectivity index (χ1n) is 5.53. The second-order valence-corrected chi connectivity index (χ2v) is 3.74. The number of nitrogens with zero attached hydrogens (tertiary/aromatic N) is 1. The molecule has 15 heavy (non-hydrogen) atoms. The molecule has 1 aromatic carbocycles. The second kappa shape index (κ2) is 5.54. The summed E-state index contributed by atoms with van der Waals surface area (Å²) in [5.41, 5.74) is 3.17. The van der Waals surface area contributed by atoms with Crippen LogP contribution in [-0.2, 0) is 0 Å². The van der Waals surface area contributed by atoms with Gasteiger partial charge in [0.25, 0.3) is 0 Å². The Bertz CT molecular complexity index is 333. The van der Waals surface area contributed by atoms with Crippen LogP contribution in [0.1, 0.15) is 36.2 Å². The molecule has 0 saturated carbocycles. The summed E-state index contributed by atoms with van der Waals surface area (Å²) in [7, 11) is 0. The lowest BCUT2D eigenvalue weighted by atomic mass is 10.1. The quantitative estimate of drug-likeness (QED) is 0.689. The topological polar surface area (TPSA) is 20.3 Å². The fourth-order valence-corrected chi connectivity index (χ4v) is 1.83. The lowest BCUT2D eigenvalue weighted by molar-refractivity contribution is 0.112. The number of anilines is 1. The minimum absolute atomic E-state index is 0.754. The zero-order chi connectivity index (χ0) is 11.3. The van der Waals surface area contributed by atoms with Crippen molar-refractivity contribution < 1.29 is 4.79 Å². The first kappa shape index (κ1) is 11.8.